The van der Waals surface area contributed by atoms with Crippen LogP contribution in [-0.4, -0.2) is 31.0 Å². The number of ether oxygens (including phenoxy) is 2. The molecular weight excluding hydrogens is 464 g/mol. The lowest BCUT2D eigenvalue weighted by Gasteiger charge is -2.17. The summed E-state index contributed by atoms with van der Waals surface area (Å²) in [5.41, 5.74) is -0.151. The number of thiophene rings is 1. The molecule has 1 aromatic heterocycles. The van der Waals surface area contributed by atoms with E-state index in [2.05, 4.69) is 15.3 Å². The van der Waals surface area contributed by atoms with E-state index in [1.165, 1.54) is 41.8 Å². The lowest BCUT2D eigenvalue weighted by molar-refractivity contribution is -0.199. The van der Waals surface area contributed by atoms with Gasteiger partial charge in [0.2, 0.25) is 0 Å². The van der Waals surface area contributed by atoms with E-state index in [1.807, 2.05) is 0 Å². The molecule has 0 aliphatic heterocycles. The summed E-state index contributed by atoms with van der Waals surface area (Å²) in [7, 11) is 1.54. The van der Waals surface area contributed by atoms with Gasteiger partial charge in [-0.3, -0.25) is 4.79 Å². The molecule has 0 unspecified atom stereocenters. The molecule has 0 bridgehead atoms. The van der Waals surface area contributed by atoms with Crippen LogP contribution in [0.1, 0.15) is 15.2 Å². The molecule has 1 atom stereocenters. The van der Waals surface area contributed by atoms with Crippen molar-refractivity contribution in [3.8, 4) is 11.5 Å². The summed E-state index contributed by atoms with van der Waals surface area (Å²) in [6.45, 7) is 0. The maximum Gasteiger partial charge on any atom is 0.444 e. The fourth-order valence-corrected chi connectivity index (χ4v) is 3.84. The highest BCUT2D eigenvalue weighted by atomic mass is 35.5. The molecule has 30 heavy (non-hydrogen) atoms. The first-order valence-corrected chi connectivity index (χ1v) is 9.89. The van der Waals surface area contributed by atoms with E-state index in [9.17, 15) is 18.0 Å². The molecule has 0 aliphatic rings. The van der Waals surface area contributed by atoms with E-state index < -0.39 is 17.6 Å². The van der Waals surface area contributed by atoms with Crippen LogP contribution in [0.5, 0.6) is 11.5 Å². The van der Waals surface area contributed by atoms with Crippen molar-refractivity contribution in [3.05, 3.63) is 57.9 Å². The van der Waals surface area contributed by atoms with Crippen molar-refractivity contribution < 1.29 is 27.4 Å². The van der Waals surface area contributed by atoms with Gasteiger partial charge in [-0.05, 0) is 48.0 Å². The molecule has 0 fully saturated rings. The molecule has 11 heteroatoms. The standard InChI is InChI=1S/C19H13Cl2F3N2O3S/c1-28-12-6-7-13-14(8-12)30-16(15(13)20)17(27)26-25-9-10-2-4-11(5-3-10)29-19(23,24)18(21)22/h2-9,18H,1H3,(H,26,27)/b25-9-/t18-/m1/s1. The third-order valence-electron chi connectivity index (χ3n) is 3.81. The average molecular weight is 477 g/mol. The van der Waals surface area contributed by atoms with Crippen LogP contribution >= 0.6 is 34.5 Å². The minimum Gasteiger partial charge on any atom is -0.497 e. The second-order valence-electron chi connectivity index (χ2n) is 5.84. The summed E-state index contributed by atoms with van der Waals surface area (Å²) in [5.74, 6) is -0.146. The number of fused-ring (bicyclic) bond motifs is 1. The summed E-state index contributed by atoms with van der Waals surface area (Å²) in [6.07, 6.45) is -2.86. The van der Waals surface area contributed by atoms with Gasteiger partial charge in [0.1, 0.15) is 16.4 Å². The molecule has 2 aromatic carbocycles. The lowest BCUT2D eigenvalue weighted by Crippen LogP contribution is -2.32. The minimum absolute atomic E-state index is 0.281. The van der Waals surface area contributed by atoms with Gasteiger partial charge in [-0.2, -0.15) is 13.9 Å². The molecule has 5 nitrogen and oxygen atoms in total. The zero-order valence-corrected chi connectivity index (χ0v) is 17.5. The molecule has 1 N–H and O–H groups in total. The second kappa shape index (κ2) is 9.11. The maximum atomic E-state index is 13.1. The fraction of sp³-hybridized carbons (Fsp3) is 0.158. The van der Waals surface area contributed by atoms with Gasteiger partial charge in [-0.25, -0.2) is 9.82 Å². The summed E-state index contributed by atoms with van der Waals surface area (Å²) in [6, 6.07) is 10.4. The molecule has 0 saturated carbocycles. The summed E-state index contributed by atoms with van der Waals surface area (Å²) in [5, 5.41) is 4.85. The first kappa shape index (κ1) is 22.2. The first-order valence-electron chi connectivity index (χ1n) is 8.25. The first-order chi connectivity index (χ1) is 14.2. The van der Waals surface area contributed by atoms with E-state index >= 15 is 0 Å². The number of hydrazone groups is 1. The molecule has 1 amide bonds. The molecule has 0 saturated heterocycles. The predicted octanol–water partition coefficient (Wildman–Crippen LogP) is 5.83. The number of amides is 1. The Balaban J connectivity index is 1.66. The summed E-state index contributed by atoms with van der Waals surface area (Å²) < 4.78 is 49.0. The van der Waals surface area contributed by atoms with Crippen molar-refractivity contribution in [2.75, 3.05) is 7.11 Å². The Morgan fingerprint density at radius 1 is 1.23 bits per heavy atom. The molecule has 0 spiro atoms. The number of hydrogen-bond donors (Lipinski definition) is 1. The Morgan fingerprint density at radius 2 is 1.90 bits per heavy atom. The number of benzene rings is 2. The topological polar surface area (TPSA) is 59.9 Å². The highest BCUT2D eigenvalue weighted by Gasteiger charge is 2.42. The van der Waals surface area contributed by atoms with Gasteiger partial charge >= 0.3 is 6.11 Å². The summed E-state index contributed by atoms with van der Waals surface area (Å²) >= 11 is 12.2. The number of alkyl halides is 4. The molecule has 0 aliphatic carbocycles. The maximum absolute atomic E-state index is 13.1. The van der Waals surface area contributed by atoms with E-state index in [-0.39, 0.29) is 10.6 Å². The van der Waals surface area contributed by atoms with Crippen molar-refractivity contribution in [3.63, 3.8) is 0 Å². The van der Waals surface area contributed by atoms with Crippen molar-refractivity contribution >= 4 is 56.7 Å². The van der Waals surface area contributed by atoms with Gasteiger partial charge in [-0.1, -0.05) is 23.2 Å². The zero-order chi connectivity index (χ0) is 21.9. The van der Waals surface area contributed by atoms with Crippen LogP contribution < -0.4 is 14.9 Å². The SMILES string of the molecule is COc1ccc2c(Cl)c(C(=O)N/N=C\c3ccc(OC(F)(F)[C@@H](F)Cl)cc3)sc2c1. The van der Waals surface area contributed by atoms with E-state index in [1.54, 1.807) is 25.3 Å². The van der Waals surface area contributed by atoms with Crippen LogP contribution in [0.15, 0.2) is 47.6 Å². The molecule has 3 aromatic rings. The van der Waals surface area contributed by atoms with Crippen molar-refractivity contribution in [2.45, 2.75) is 11.7 Å². The number of nitrogens with one attached hydrogen (secondary N) is 1. The van der Waals surface area contributed by atoms with Gasteiger partial charge in [0.25, 0.3) is 11.5 Å². The number of carbonyl (C=O) groups is 1. The zero-order valence-electron chi connectivity index (χ0n) is 15.2. The summed E-state index contributed by atoms with van der Waals surface area (Å²) in [4.78, 5) is 12.7. The van der Waals surface area contributed by atoms with Crippen LogP contribution in [0.25, 0.3) is 10.1 Å². The van der Waals surface area contributed by atoms with Crippen LogP contribution in [0, 0.1) is 0 Å². The third kappa shape index (κ3) is 4.97. The molecule has 3 rings (SSSR count). The van der Waals surface area contributed by atoms with Crippen LogP contribution in [-0.2, 0) is 0 Å². The molecular formula is C19H13Cl2F3N2O3S. The fourth-order valence-electron chi connectivity index (χ4n) is 2.36. The lowest BCUT2D eigenvalue weighted by atomic mass is 10.2. The molecule has 0 radical (unpaired) electrons. The van der Waals surface area contributed by atoms with Gasteiger partial charge in [0, 0.05) is 10.1 Å². The van der Waals surface area contributed by atoms with Crippen molar-refractivity contribution in [1.82, 2.24) is 5.43 Å². The Labute approximate surface area is 183 Å². The second-order valence-corrected chi connectivity index (χ2v) is 7.65. The van der Waals surface area contributed by atoms with E-state index in [0.717, 1.165) is 10.1 Å². The highest BCUT2D eigenvalue weighted by Crippen LogP contribution is 2.37. The highest BCUT2D eigenvalue weighted by molar-refractivity contribution is 7.21. The Kier molecular flexibility index (Phi) is 6.74. The number of hydrogen-bond acceptors (Lipinski definition) is 5. The molecule has 1 heterocycles. The Bertz CT molecular complexity index is 1090. The Hall–Kier alpha value is -2.49. The quantitative estimate of drug-likeness (QED) is 0.265. The normalized spacial score (nSPS) is 12.9. The Morgan fingerprint density at radius 3 is 2.53 bits per heavy atom. The van der Waals surface area contributed by atoms with Crippen LogP contribution in [0.4, 0.5) is 13.2 Å². The van der Waals surface area contributed by atoms with Gasteiger partial charge in [0.15, 0.2) is 0 Å². The number of methoxy groups -OCH3 is 1. The number of rotatable bonds is 7. The van der Waals surface area contributed by atoms with Crippen LogP contribution in [0.3, 0.4) is 0 Å². The van der Waals surface area contributed by atoms with Gasteiger partial charge in [-0.15, -0.1) is 11.3 Å². The number of carbonyl (C=O) groups excluding carboxylic acids is 1. The van der Waals surface area contributed by atoms with Crippen LogP contribution in [0.2, 0.25) is 5.02 Å². The van der Waals surface area contributed by atoms with Gasteiger partial charge in [0.05, 0.1) is 18.3 Å². The minimum atomic E-state index is -4.15. The predicted molar refractivity (Wildman–Crippen MR) is 111 cm³/mol. The van der Waals surface area contributed by atoms with Crippen molar-refractivity contribution in [2.24, 2.45) is 5.10 Å². The smallest absolute Gasteiger partial charge is 0.444 e. The average Bonchev–Trinajstić information content (AvgIpc) is 3.04. The van der Waals surface area contributed by atoms with E-state index in [4.69, 9.17) is 27.9 Å². The third-order valence-corrected chi connectivity index (χ3v) is 5.72. The van der Waals surface area contributed by atoms with Crippen molar-refractivity contribution in [1.29, 1.82) is 0 Å². The number of halogens is 5. The van der Waals surface area contributed by atoms with Gasteiger partial charge < -0.3 is 9.47 Å². The molecule has 158 valence electrons. The van der Waals surface area contributed by atoms with E-state index in [0.29, 0.717) is 16.3 Å². The monoisotopic (exact) mass is 476 g/mol. The largest absolute Gasteiger partial charge is 0.497 e. The number of nitrogens with zero attached hydrogens (tertiary/aromatic N) is 1.